The van der Waals surface area contributed by atoms with Crippen LogP contribution in [-0.2, 0) is 14.9 Å². The molecule has 1 aromatic carbocycles. The Morgan fingerprint density at radius 2 is 1.82 bits per heavy atom. The van der Waals surface area contributed by atoms with Gasteiger partial charge in [0.2, 0.25) is 0 Å². The number of amides is 3. The number of carbonyl (C=O) groups excluding carboxylic acids is 2. The molecule has 0 N–H and O–H groups in total. The third kappa shape index (κ3) is 4.96. The second-order valence-electron chi connectivity index (χ2n) is 9.78. The fourth-order valence-electron chi connectivity index (χ4n) is 5.72. The van der Waals surface area contributed by atoms with E-state index in [1.807, 2.05) is 30.0 Å². The number of likely N-dealkylation sites (tertiary alicyclic amines) is 2. The molecule has 1 aromatic rings. The highest BCUT2D eigenvalue weighted by Gasteiger charge is 2.47. The molecule has 4 rings (SSSR count). The normalized spacial score (nSPS) is 22.7. The molecular weight excluding hydrogens is 420 g/mol. The number of carbonyl (C=O) groups is 2. The zero-order chi connectivity index (χ0) is 23.4. The Bertz CT molecular complexity index is 837. The van der Waals surface area contributed by atoms with Crippen LogP contribution >= 0.6 is 0 Å². The first kappa shape index (κ1) is 23.8. The number of urea groups is 1. The molecule has 0 aromatic heterocycles. The molecule has 0 aliphatic carbocycles. The Morgan fingerprint density at radius 1 is 1.06 bits per heavy atom. The smallest absolute Gasteiger partial charge is 0.409 e. The molecule has 2 fully saturated rings. The van der Waals surface area contributed by atoms with Gasteiger partial charge in [-0.15, -0.1) is 0 Å². The van der Waals surface area contributed by atoms with Crippen LogP contribution in [0.25, 0.3) is 0 Å². The monoisotopic (exact) mass is 458 g/mol. The molecule has 8 heteroatoms. The van der Waals surface area contributed by atoms with Gasteiger partial charge in [0, 0.05) is 58.0 Å². The highest BCUT2D eigenvalue weighted by atomic mass is 16.6. The van der Waals surface area contributed by atoms with Crippen molar-refractivity contribution in [3.05, 3.63) is 29.8 Å². The molecule has 0 saturated carbocycles. The minimum absolute atomic E-state index is 0.0423. The lowest BCUT2D eigenvalue weighted by Gasteiger charge is -2.43. The standard InChI is InChI=1S/C25H38N4O4/c1-26(2)23(30)29-19-25(21-8-4-5-9-22(21)29)11-15-27(16-12-25)20-7-6-13-28(14-10-20)24(31)33-18-17-32-3/h4-5,8-9,20H,6-7,10-19H2,1-3H3. The van der Waals surface area contributed by atoms with E-state index in [4.69, 9.17) is 9.47 Å². The molecule has 3 aliphatic rings. The number of anilines is 1. The van der Waals surface area contributed by atoms with Crippen molar-refractivity contribution in [3.8, 4) is 0 Å². The van der Waals surface area contributed by atoms with Gasteiger partial charge in [-0.2, -0.15) is 0 Å². The first-order valence-corrected chi connectivity index (χ1v) is 12.2. The average molecular weight is 459 g/mol. The molecule has 1 spiro atoms. The number of benzene rings is 1. The molecular formula is C25H38N4O4. The topological polar surface area (TPSA) is 65.6 Å². The van der Waals surface area contributed by atoms with Crippen LogP contribution in [0.4, 0.5) is 15.3 Å². The number of hydrogen-bond acceptors (Lipinski definition) is 5. The molecule has 2 saturated heterocycles. The quantitative estimate of drug-likeness (QED) is 0.649. The van der Waals surface area contributed by atoms with E-state index < -0.39 is 0 Å². The predicted octanol–water partition coefficient (Wildman–Crippen LogP) is 3.16. The van der Waals surface area contributed by atoms with E-state index in [0.717, 1.165) is 70.5 Å². The summed E-state index contributed by atoms with van der Waals surface area (Å²) < 4.78 is 10.3. The SMILES string of the molecule is COCCOC(=O)N1CCCC(N2CCC3(CC2)CN(C(=O)N(C)C)c2ccccc23)CC1. The van der Waals surface area contributed by atoms with E-state index in [2.05, 4.69) is 23.1 Å². The number of para-hydroxylation sites is 1. The summed E-state index contributed by atoms with van der Waals surface area (Å²) in [6, 6.07) is 8.98. The van der Waals surface area contributed by atoms with Crippen LogP contribution in [0.1, 0.15) is 37.7 Å². The maximum atomic E-state index is 12.8. The molecule has 3 heterocycles. The van der Waals surface area contributed by atoms with Crippen LogP contribution in [0, 0.1) is 0 Å². The van der Waals surface area contributed by atoms with Crippen molar-refractivity contribution in [1.82, 2.24) is 14.7 Å². The Hall–Kier alpha value is -2.32. The number of ether oxygens (including phenoxy) is 2. The summed E-state index contributed by atoms with van der Waals surface area (Å²) in [6.45, 7) is 5.06. The Balaban J connectivity index is 1.36. The van der Waals surface area contributed by atoms with E-state index in [0.29, 0.717) is 19.3 Å². The van der Waals surface area contributed by atoms with Gasteiger partial charge in [0.25, 0.3) is 0 Å². The maximum Gasteiger partial charge on any atom is 0.409 e. The van der Waals surface area contributed by atoms with Gasteiger partial charge < -0.3 is 24.2 Å². The van der Waals surface area contributed by atoms with Crippen LogP contribution in [0.3, 0.4) is 0 Å². The lowest BCUT2D eigenvalue weighted by molar-refractivity contribution is 0.0710. The van der Waals surface area contributed by atoms with Crippen molar-refractivity contribution in [2.24, 2.45) is 0 Å². The van der Waals surface area contributed by atoms with Crippen molar-refractivity contribution >= 4 is 17.8 Å². The van der Waals surface area contributed by atoms with Crippen molar-refractivity contribution in [3.63, 3.8) is 0 Å². The Morgan fingerprint density at radius 3 is 2.55 bits per heavy atom. The van der Waals surface area contributed by atoms with Gasteiger partial charge in [0.15, 0.2) is 0 Å². The highest BCUT2D eigenvalue weighted by Crippen LogP contribution is 2.47. The van der Waals surface area contributed by atoms with Gasteiger partial charge >= 0.3 is 12.1 Å². The molecule has 3 aliphatic heterocycles. The minimum atomic E-state index is -0.224. The molecule has 3 amide bonds. The maximum absolute atomic E-state index is 12.8. The first-order chi connectivity index (χ1) is 15.9. The zero-order valence-electron chi connectivity index (χ0n) is 20.3. The molecule has 1 atom stereocenters. The lowest BCUT2D eigenvalue weighted by atomic mass is 9.74. The number of piperidine rings is 1. The predicted molar refractivity (Wildman–Crippen MR) is 128 cm³/mol. The summed E-state index contributed by atoms with van der Waals surface area (Å²) in [6.07, 6.45) is 4.98. The largest absolute Gasteiger partial charge is 0.447 e. The molecule has 182 valence electrons. The second kappa shape index (κ2) is 10.3. The Labute approximate surface area is 197 Å². The summed E-state index contributed by atoms with van der Waals surface area (Å²) in [4.78, 5) is 33.3. The molecule has 8 nitrogen and oxygen atoms in total. The van der Waals surface area contributed by atoms with E-state index in [-0.39, 0.29) is 17.5 Å². The van der Waals surface area contributed by atoms with Gasteiger partial charge in [-0.25, -0.2) is 9.59 Å². The molecule has 1 unspecified atom stereocenters. The van der Waals surface area contributed by atoms with Crippen molar-refractivity contribution in [2.75, 3.05) is 72.0 Å². The van der Waals surface area contributed by atoms with Gasteiger partial charge in [-0.05, 0) is 56.8 Å². The van der Waals surface area contributed by atoms with Crippen LogP contribution in [0.15, 0.2) is 24.3 Å². The molecule has 33 heavy (non-hydrogen) atoms. The van der Waals surface area contributed by atoms with Crippen molar-refractivity contribution < 1.29 is 19.1 Å². The number of rotatable bonds is 4. The average Bonchev–Trinajstić information content (AvgIpc) is 2.97. The zero-order valence-corrected chi connectivity index (χ0v) is 20.3. The molecule has 0 bridgehead atoms. The molecule has 0 radical (unpaired) electrons. The summed E-state index contributed by atoms with van der Waals surface area (Å²) >= 11 is 0. The van der Waals surface area contributed by atoms with E-state index >= 15 is 0 Å². The van der Waals surface area contributed by atoms with Crippen LogP contribution in [0.2, 0.25) is 0 Å². The van der Waals surface area contributed by atoms with Crippen LogP contribution < -0.4 is 4.90 Å². The number of nitrogens with zero attached hydrogens (tertiary/aromatic N) is 4. The fraction of sp³-hybridized carbons (Fsp3) is 0.680. The first-order valence-electron chi connectivity index (χ1n) is 12.2. The second-order valence-corrected chi connectivity index (χ2v) is 9.78. The van der Waals surface area contributed by atoms with Gasteiger partial charge in [0.05, 0.1) is 6.61 Å². The third-order valence-electron chi connectivity index (χ3n) is 7.58. The number of hydrogen-bond donors (Lipinski definition) is 0. The van der Waals surface area contributed by atoms with E-state index in [1.54, 1.807) is 12.0 Å². The van der Waals surface area contributed by atoms with E-state index in [1.165, 1.54) is 5.56 Å². The van der Waals surface area contributed by atoms with Gasteiger partial charge in [0.1, 0.15) is 6.61 Å². The fourth-order valence-corrected chi connectivity index (χ4v) is 5.72. The highest BCUT2D eigenvalue weighted by molar-refractivity contribution is 5.95. The third-order valence-corrected chi connectivity index (χ3v) is 7.58. The summed E-state index contributed by atoms with van der Waals surface area (Å²) in [5.74, 6) is 0. The number of fused-ring (bicyclic) bond motifs is 2. The summed E-state index contributed by atoms with van der Waals surface area (Å²) in [7, 11) is 5.25. The van der Waals surface area contributed by atoms with E-state index in [9.17, 15) is 9.59 Å². The van der Waals surface area contributed by atoms with Crippen molar-refractivity contribution in [1.29, 1.82) is 0 Å². The summed E-state index contributed by atoms with van der Waals surface area (Å²) in [5, 5.41) is 0. The number of methoxy groups -OCH3 is 1. The van der Waals surface area contributed by atoms with Gasteiger partial charge in [-0.1, -0.05) is 18.2 Å². The van der Waals surface area contributed by atoms with Crippen LogP contribution in [-0.4, -0.2) is 100 Å². The summed E-state index contributed by atoms with van der Waals surface area (Å²) in [5.41, 5.74) is 2.44. The van der Waals surface area contributed by atoms with Crippen molar-refractivity contribution in [2.45, 2.75) is 43.6 Å². The van der Waals surface area contributed by atoms with Gasteiger partial charge in [-0.3, -0.25) is 4.90 Å². The minimum Gasteiger partial charge on any atom is -0.447 e. The lowest BCUT2D eigenvalue weighted by Crippen LogP contribution is -2.50. The Kier molecular flexibility index (Phi) is 7.44. The van der Waals surface area contributed by atoms with Crippen LogP contribution in [0.5, 0.6) is 0 Å².